The number of halogens is 1. The summed E-state index contributed by atoms with van der Waals surface area (Å²) in [7, 11) is 1.90. The van der Waals surface area contributed by atoms with Gasteiger partial charge in [-0.1, -0.05) is 22.5 Å². The van der Waals surface area contributed by atoms with Crippen molar-refractivity contribution in [3.8, 4) is 0 Å². The maximum absolute atomic E-state index is 4.16. The third kappa shape index (κ3) is 1.29. The molecule has 0 unspecified atom stereocenters. The number of aromatic nitrogens is 2. The minimum atomic E-state index is 0.887. The van der Waals surface area contributed by atoms with E-state index in [-0.39, 0.29) is 0 Å². The van der Waals surface area contributed by atoms with E-state index in [9.17, 15) is 0 Å². The summed E-state index contributed by atoms with van der Waals surface area (Å²) in [4.78, 5) is 0. The van der Waals surface area contributed by atoms with Gasteiger partial charge < -0.3 is 0 Å². The average molecular weight is 201 g/mol. The van der Waals surface area contributed by atoms with Crippen molar-refractivity contribution in [2.45, 2.75) is 6.92 Å². The van der Waals surface area contributed by atoms with Crippen molar-refractivity contribution >= 4 is 20.4 Å². The van der Waals surface area contributed by atoms with Gasteiger partial charge in [0, 0.05) is 23.3 Å². The van der Waals surface area contributed by atoms with Gasteiger partial charge in [0.1, 0.15) is 0 Å². The second-order valence-corrected chi connectivity index (χ2v) is 3.16. The number of aryl methyl sites for hydroxylation is 2. The molecule has 0 bridgehead atoms. The summed E-state index contributed by atoms with van der Waals surface area (Å²) in [6.45, 7) is 5.72. The zero-order valence-corrected chi connectivity index (χ0v) is 7.64. The van der Waals surface area contributed by atoms with Gasteiger partial charge in [0.25, 0.3) is 0 Å². The summed E-state index contributed by atoms with van der Waals surface area (Å²) in [5, 5.41) is 4.16. The molecule has 0 fully saturated rings. The Bertz CT molecular complexity index is 263. The van der Waals surface area contributed by atoms with E-state index in [4.69, 9.17) is 0 Å². The molecule has 0 aliphatic carbocycles. The molecule has 10 heavy (non-hydrogen) atoms. The molecule has 0 radical (unpaired) electrons. The summed E-state index contributed by atoms with van der Waals surface area (Å²) in [5.74, 6) is 0. The molecule has 0 spiro atoms. The van der Waals surface area contributed by atoms with Gasteiger partial charge in [0.05, 0.1) is 5.69 Å². The van der Waals surface area contributed by atoms with Gasteiger partial charge >= 0.3 is 0 Å². The number of rotatable bonds is 1. The summed E-state index contributed by atoms with van der Waals surface area (Å²) in [6, 6.07) is 0. The lowest BCUT2D eigenvalue weighted by Crippen LogP contribution is -1.86. The lowest BCUT2D eigenvalue weighted by atomic mass is 10.3. The van der Waals surface area contributed by atoms with Crippen LogP contribution in [0.25, 0.3) is 4.48 Å². The van der Waals surface area contributed by atoms with Crippen LogP contribution in [0.2, 0.25) is 0 Å². The normalized spacial score (nSPS) is 9.90. The Morgan fingerprint density at radius 2 is 2.40 bits per heavy atom. The fourth-order valence-corrected chi connectivity index (χ4v) is 1.26. The van der Waals surface area contributed by atoms with Gasteiger partial charge in [0.15, 0.2) is 0 Å². The van der Waals surface area contributed by atoms with Gasteiger partial charge in [-0.25, -0.2) is 0 Å². The molecular weight excluding hydrogens is 192 g/mol. The Morgan fingerprint density at radius 3 is 2.60 bits per heavy atom. The van der Waals surface area contributed by atoms with Crippen LogP contribution in [-0.2, 0) is 7.05 Å². The SMILES string of the molecule is C=C(Br)c1cn(C)nc1C. The zero-order valence-electron chi connectivity index (χ0n) is 6.06. The van der Waals surface area contributed by atoms with Crippen LogP contribution in [0, 0.1) is 6.92 Å². The molecule has 0 N–H and O–H groups in total. The van der Waals surface area contributed by atoms with Crippen molar-refractivity contribution in [1.82, 2.24) is 9.78 Å². The standard InChI is InChI=1S/C7H9BrN2/c1-5(8)7-4-10(3)9-6(7)2/h4H,1H2,2-3H3. The summed E-state index contributed by atoms with van der Waals surface area (Å²) in [6.07, 6.45) is 1.94. The van der Waals surface area contributed by atoms with Crippen LogP contribution in [-0.4, -0.2) is 9.78 Å². The molecule has 1 aromatic heterocycles. The quantitative estimate of drug-likeness (QED) is 0.680. The first kappa shape index (κ1) is 7.54. The van der Waals surface area contributed by atoms with Crippen molar-refractivity contribution in [3.63, 3.8) is 0 Å². The lowest BCUT2D eigenvalue weighted by Gasteiger charge is -1.89. The Labute approximate surface area is 68.7 Å². The fraction of sp³-hybridized carbons (Fsp3) is 0.286. The van der Waals surface area contributed by atoms with Gasteiger partial charge in [-0.05, 0) is 6.92 Å². The predicted molar refractivity (Wildman–Crippen MR) is 45.9 cm³/mol. The van der Waals surface area contributed by atoms with E-state index in [1.165, 1.54) is 0 Å². The number of hydrogen-bond donors (Lipinski definition) is 0. The van der Waals surface area contributed by atoms with Gasteiger partial charge in [-0.2, -0.15) is 5.10 Å². The predicted octanol–water partition coefficient (Wildman–Crippen LogP) is 2.09. The molecule has 0 aliphatic heterocycles. The van der Waals surface area contributed by atoms with Gasteiger partial charge in [0.2, 0.25) is 0 Å². The van der Waals surface area contributed by atoms with Gasteiger partial charge in [-0.3, -0.25) is 4.68 Å². The average Bonchev–Trinajstić information content (AvgIpc) is 2.10. The second-order valence-electron chi connectivity index (χ2n) is 2.21. The largest absolute Gasteiger partial charge is 0.275 e. The number of nitrogens with zero attached hydrogens (tertiary/aromatic N) is 2. The van der Waals surface area contributed by atoms with Crippen LogP contribution in [0.3, 0.4) is 0 Å². The van der Waals surface area contributed by atoms with Crippen LogP contribution in [0.4, 0.5) is 0 Å². The third-order valence-electron chi connectivity index (χ3n) is 1.31. The Kier molecular flexibility index (Phi) is 1.94. The molecule has 0 saturated carbocycles. The highest BCUT2D eigenvalue weighted by Gasteiger charge is 2.02. The van der Waals surface area contributed by atoms with E-state index in [2.05, 4.69) is 27.6 Å². The lowest BCUT2D eigenvalue weighted by molar-refractivity contribution is 0.756. The fourth-order valence-electron chi connectivity index (χ4n) is 0.866. The van der Waals surface area contributed by atoms with Crippen molar-refractivity contribution in [2.24, 2.45) is 7.05 Å². The first-order valence-electron chi connectivity index (χ1n) is 2.96. The minimum absolute atomic E-state index is 0.887. The first-order valence-corrected chi connectivity index (χ1v) is 3.75. The van der Waals surface area contributed by atoms with E-state index < -0.39 is 0 Å². The topological polar surface area (TPSA) is 17.8 Å². The maximum Gasteiger partial charge on any atom is 0.0677 e. The molecular formula is C7H9BrN2. The molecule has 2 nitrogen and oxygen atoms in total. The molecule has 0 atom stereocenters. The summed E-state index contributed by atoms with van der Waals surface area (Å²) < 4.78 is 2.66. The molecule has 3 heteroatoms. The molecule has 0 aliphatic rings. The Morgan fingerprint density at radius 1 is 1.80 bits per heavy atom. The van der Waals surface area contributed by atoms with E-state index in [0.717, 1.165) is 15.7 Å². The van der Waals surface area contributed by atoms with Crippen LogP contribution >= 0.6 is 15.9 Å². The van der Waals surface area contributed by atoms with Crippen LogP contribution in [0.5, 0.6) is 0 Å². The number of hydrogen-bond acceptors (Lipinski definition) is 1. The molecule has 0 aromatic carbocycles. The van der Waals surface area contributed by atoms with E-state index in [1.54, 1.807) is 4.68 Å². The first-order chi connectivity index (χ1) is 4.61. The van der Waals surface area contributed by atoms with Crippen molar-refractivity contribution < 1.29 is 0 Å². The third-order valence-corrected chi connectivity index (χ3v) is 1.73. The Hall–Kier alpha value is -0.570. The van der Waals surface area contributed by atoms with Gasteiger partial charge in [-0.15, -0.1) is 0 Å². The molecule has 1 aromatic rings. The summed E-state index contributed by atoms with van der Waals surface area (Å²) in [5.41, 5.74) is 2.08. The second kappa shape index (κ2) is 2.58. The van der Waals surface area contributed by atoms with Crippen LogP contribution < -0.4 is 0 Å². The highest BCUT2D eigenvalue weighted by Crippen LogP contribution is 2.20. The summed E-state index contributed by atoms with van der Waals surface area (Å²) >= 11 is 3.30. The van der Waals surface area contributed by atoms with Crippen molar-refractivity contribution in [1.29, 1.82) is 0 Å². The van der Waals surface area contributed by atoms with E-state index in [1.807, 2.05) is 20.2 Å². The van der Waals surface area contributed by atoms with Crippen LogP contribution in [0.15, 0.2) is 12.8 Å². The zero-order chi connectivity index (χ0) is 7.72. The van der Waals surface area contributed by atoms with E-state index >= 15 is 0 Å². The highest BCUT2D eigenvalue weighted by molar-refractivity contribution is 9.15. The molecule has 0 saturated heterocycles. The van der Waals surface area contributed by atoms with Crippen molar-refractivity contribution in [3.05, 3.63) is 24.0 Å². The van der Waals surface area contributed by atoms with E-state index in [0.29, 0.717) is 0 Å². The monoisotopic (exact) mass is 200 g/mol. The van der Waals surface area contributed by atoms with Crippen LogP contribution in [0.1, 0.15) is 11.3 Å². The smallest absolute Gasteiger partial charge is 0.0677 e. The maximum atomic E-state index is 4.16. The Balaban J connectivity index is 3.15. The molecule has 1 heterocycles. The molecule has 0 amide bonds. The van der Waals surface area contributed by atoms with Crippen molar-refractivity contribution in [2.75, 3.05) is 0 Å². The minimum Gasteiger partial charge on any atom is -0.275 e. The highest BCUT2D eigenvalue weighted by atomic mass is 79.9. The molecule has 54 valence electrons. The molecule has 1 rings (SSSR count).